The molecule has 3 aromatic heterocycles. The summed E-state index contributed by atoms with van der Waals surface area (Å²) in [5, 5.41) is 9.85. The summed E-state index contributed by atoms with van der Waals surface area (Å²) < 4.78 is 9.42. The van der Waals surface area contributed by atoms with Crippen molar-refractivity contribution in [2.75, 3.05) is 0 Å². The van der Waals surface area contributed by atoms with Crippen molar-refractivity contribution in [2.24, 2.45) is 0 Å². The molecule has 0 radical (unpaired) electrons. The summed E-state index contributed by atoms with van der Waals surface area (Å²) in [7, 11) is 0. The van der Waals surface area contributed by atoms with E-state index in [9.17, 15) is 0 Å². The average Bonchev–Trinajstić information content (AvgIpc) is 3.32. The third kappa shape index (κ3) is 2.96. The molecule has 5 aromatic rings. The van der Waals surface area contributed by atoms with E-state index in [1.165, 1.54) is 5.56 Å². The molecular weight excluding hydrogens is 352 g/mol. The van der Waals surface area contributed by atoms with E-state index in [4.69, 9.17) is 4.74 Å². The lowest BCUT2D eigenvalue weighted by molar-refractivity contribution is 0.294. The van der Waals surface area contributed by atoms with Gasteiger partial charge in [-0.2, -0.15) is 5.10 Å². The van der Waals surface area contributed by atoms with Gasteiger partial charge in [0.1, 0.15) is 18.7 Å². The van der Waals surface area contributed by atoms with Gasteiger partial charge in [0, 0.05) is 0 Å². The van der Waals surface area contributed by atoms with Crippen molar-refractivity contribution in [1.29, 1.82) is 0 Å². The van der Waals surface area contributed by atoms with Crippen LogP contribution in [0.4, 0.5) is 0 Å². The molecule has 138 valence electrons. The third-order valence-electron chi connectivity index (χ3n) is 4.64. The molecule has 0 saturated heterocycles. The molecule has 0 N–H and O–H groups in total. The van der Waals surface area contributed by atoms with Gasteiger partial charge in [-0.15, -0.1) is 5.10 Å². The van der Waals surface area contributed by atoms with Crippen LogP contribution in [0.2, 0.25) is 0 Å². The second kappa shape index (κ2) is 6.77. The Balaban J connectivity index is 1.45. The van der Waals surface area contributed by atoms with Crippen LogP contribution in [0, 0.1) is 6.92 Å². The molecule has 0 bridgehead atoms. The first-order valence-electron chi connectivity index (χ1n) is 9.06. The van der Waals surface area contributed by atoms with Gasteiger partial charge in [0.25, 0.3) is 0 Å². The predicted molar refractivity (Wildman–Crippen MR) is 105 cm³/mol. The van der Waals surface area contributed by atoms with Gasteiger partial charge in [0.05, 0.1) is 18.1 Å². The highest BCUT2D eigenvalue weighted by atomic mass is 16.5. The molecule has 0 aliphatic heterocycles. The van der Waals surface area contributed by atoms with E-state index < -0.39 is 0 Å². The van der Waals surface area contributed by atoms with Crippen LogP contribution in [0.25, 0.3) is 16.7 Å². The van der Waals surface area contributed by atoms with E-state index in [1.807, 2.05) is 54.1 Å². The molecule has 0 aliphatic carbocycles. The number of benzene rings is 2. The zero-order valence-electron chi connectivity index (χ0n) is 15.4. The van der Waals surface area contributed by atoms with Gasteiger partial charge in [-0.25, -0.2) is 19.2 Å². The van der Waals surface area contributed by atoms with Crippen molar-refractivity contribution in [2.45, 2.75) is 20.1 Å². The highest BCUT2D eigenvalue weighted by molar-refractivity contribution is 5.88. The fraction of sp³-hybridized carbons (Fsp3) is 0.143. The van der Waals surface area contributed by atoms with Crippen molar-refractivity contribution >= 4 is 16.7 Å². The molecule has 7 nitrogen and oxygen atoms in total. The van der Waals surface area contributed by atoms with Gasteiger partial charge in [-0.3, -0.25) is 0 Å². The van der Waals surface area contributed by atoms with Crippen LogP contribution < -0.4 is 4.74 Å². The van der Waals surface area contributed by atoms with Gasteiger partial charge < -0.3 is 4.74 Å². The summed E-state index contributed by atoms with van der Waals surface area (Å²) in [6, 6.07) is 18.1. The van der Waals surface area contributed by atoms with Crippen molar-refractivity contribution in [3.05, 3.63) is 84.1 Å². The zero-order chi connectivity index (χ0) is 18.9. The highest BCUT2D eigenvalue weighted by Crippen LogP contribution is 2.19. The molecule has 0 aliphatic rings. The first-order chi connectivity index (χ1) is 13.8. The van der Waals surface area contributed by atoms with E-state index in [0.29, 0.717) is 19.0 Å². The van der Waals surface area contributed by atoms with Crippen LogP contribution in [-0.2, 0) is 13.2 Å². The number of aryl methyl sites for hydroxylation is 1. The van der Waals surface area contributed by atoms with Gasteiger partial charge in [0.2, 0.25) is 0 Å². The number of ether oxygens (including phenoxy) is 1. The van der Waals surface area contributed by atoms with Crippen LogP contribution >= 0.6 is 0 Å². The molecule has 7 heteroatoms. The van der Waals surface area contributed by atoms with Crippen LogP contribution in [0.5, 0.6) is 5.75 Å². The Bertz CT molecular complexity index is 1260. The van der Waals surface area contributed by atoms with E-state index in [1.54, 1.807) is 17.0 Å². The summed E-state index contributed by atoms with van der Waals surface area (Å²) in [5.74, 6) is 1.44. The lowest BCUT2D eigenvalue weighted by atomic mass is 10.2. The normalized spacial score (nSPS) is 11.3. The minimum absolute atomic E-state index is 0.298. The second-order valence-corrected chi connectivity index (χ2v) is 6.62. The molecule has 0 atom stereocenters. The maximum atomic E-state index is 5.87. The molecule has 0 saturated carbocycles. The number of hydrogen-bond donors (Lipinski definition) is 0. The second-order valence-electron chi connectivity index (χ2n) is 6.62. The molecule has 3 heterocycles. The molecule has 0 unspecified atom stereocenters. The van der Waals surface area contributed by atoms with E-state index >= 15 is 0 Å². The Morgan fingerprint density at radius 2 is 1.79 bits per heavy atom. The van der Waals surface area contributed by atoms with Crippen molar-refractivity contribution < 1.29 is 4.74 Å². The molecule has 2 aromatic carbocycles. The Morgan fingerprint density at radius 3 is 2.64 bits per heavy atom. The number of nitrogens with zero attached hydrogens (tertiary/aromatic N) is 6. The van der Waals surface area contributed by atoms with Crippen molar-refractivity contribution in [3.63, 3.8) is 0 Å². The third-order valence-corrected chi connectivity index (χ3v) is 4.64. The summed E-state index contributed by atoms with van der Waals surface area (Å²) >= 11 is 0. The van der Waals surface area contributed by atoms with Gasteiger partial charge in [0.15, 0.2) is 17.1 Å². The van der Waals surface area contributed by atoms with Gasteiger partial charge in [-0.1, -0.05) is 48.5 Å². The topological polar surface area (TPSA) is 70.1 Å². The standard InChI is InChI=1S/C21H18N6O/c1-15-7-5-6-10-18(15)28-13-19-24-21-17-11-23-26(12-16-8-3-2-4-9-16)20(17)22-14-27(21)25-19/h2-11,14H,12-13H2,1H3. The number of hydrogen-bond acceptors (Lipinski definition) is 5. The lowest BCUT2D eigenvalue weighted by Gasteiger charge is -2.05. The van der Waals surface area contributed by atoms with Crippen molar-refractivity contribution in [1.82, 2.24) is 29.4 Å². The first kappa shape index (κ1) is 16.4. The SMILES string of the molecule is Cc1ccccc1OCc1nc2c3cnn(Cc4ccccc4)c3ncn2n1. The highest BCUT2D eigenvalue weighted by Gasteiger charge is 2.13. The predicted octanol–water partition coefficient (Wildman–Crippen LogP) is 3.41. The first-order valence-corrected chi connectivity index (χ1v) is 9.06. The van der Waals surface area contributed by atoms with Gasteiger partial charge in [-0.05, 0) is 24.1 Å². The fourth-order valence-corrected chi connectivity index (χ4v) is 3.21. The molecule has 0 fully saturated rings. The number of aromatic nitrogens is 6. The lowest BCUT2D eigenvalue weighted by Crippen LogP contribution is -2.03. The summed E-state index contributed by atoms with van der Waals surface area (Å²) in [5.41, 5.74) is 3.77. The van der Waals surface area contributed by atoms with Gasteiger partial charge >= 0.3 is 0 Å². The zero-order valence-corrected chi connectivity index (χ0v) is 15.4. The Morgan fingerprint density at radius 1 is 0.964 bits per heavy atom. The number of fused-ring (bicyclic) bond motifs is 3. The average molecular weight is 370 g/mol. The molecular formula is C21H18N6O. The Labute approximate surface area is 161 Å². The maximum Gasteiger partial charge on any atom is 0.189 e. The molecule has 28 heavy (non-hydrogen) atoms. The largest absolute Gasteiger partial charge is 0.485 e. The summed E-state index contributed by atoms with van der Waals surface area (Å²) in [4.78, 5) is 9.17. The van der Waals surface area contributed by atoms with Crippen LogP contribution in [0.3, 0.4) is 0 Å². The quantitative estimate of drug-likeness (QED) is 0.474. The van der Waals surface area contributed by atoms with E-state index in [0.717, 1.165) is 28.0 Å². The molecule has 0 amide bonds. The summed E-state index contributed by atoms with van der Waals surface area (Å²) in [6.07, 6.45) is 3.46. The number of rotatable bonds is 5. The fourth-order valence-electron chi connectivity index (χ4n) is 3.21. The van der Waals surface area contributed by atoms with Crippen LogP contribution in [0.15, 0.2) is 67.1 Å². The van der Waals surface area contributed by atoms with Crippen LogP contribution in [-0.4, -0.2) is 29.4 Å². The van der Waals surface area contributed by atoms with E-state index in [-0.39, 0.29) is 0 Å². The minimum atomic E-state index is 0.298. The molecule has 5 rings (SSSR count). The van der Waals surface area contributed by atoms with Crippen LogP contribution in [0.1, 0.15) is 17.0 Å². The Kier molecular flexibility index (Phi) is 3.97. The molecule has 0 spiro atoms. The summed E-state index contributed by atoms with van der Waals surface area (Å²) in [6.45, 7) is 2.97. The Hall–Kier alpha value is -3.74. The van der Waals surface area contributed by atoms with Crippen molar-refractivity contribution in [3.8, 4) is 5.75 Å². The van der Waals surface area contributed by atoms with E-state index in [2.05, 4.69) is 32.3 Å². The maximum absolute atomic E-state index is 5.87. The smallest absolute Gasteiger partial charge is 0.189 e. The monoisotopic (exact) mass is 370 g/mol. The minimum Gasteiger partial charge on any atom is -0.485 e. The number of para-hydroxylation sites is 1.